The Morgan fingerprint density at radius 1 is 1.57 bits per heavy atom. The van der Waals surface area contributed by atoms with Crippen LogP contribution < -0.4 is 5.73 Å². The molecule has 0 aromatic carbocycles. The summed E-state index contributed by atoms with van der Waals surface area (Å²) in [6.45, 7) is 0. The molecule has 4 heteroatoms. The lowest BCUT2D eigenvalue weighted by Crippen LogP contribution is -2.13. The van der Waals surface area contributed by atoms with Gasteiger partial charge in [-0.05, 0) is 18.1 Å². The lowest BCUT2D eigenvalue weighted by atomic mass is 10.3. The Balaban J connectivity index is 2.90. The molecule has 1 rings (SSSR count). The molecule has 0 unspecified atom stereocenters. The number of hydrogen-bond donors (Lipinski definition) is 1. The minimum Gasteiger partial charge on any atom is -0.364 e. The predicted octanol–water partition coefficient (Wildman–Crippen LogP) is 0.121. The van der Waals surface area contributed by atoms with E-state index < -0.39 is 5.91 Å². The van der Waals surface area contributed by atoms with Crippen LogP contribution in [0.25, 0.3) is 0 Å². The first-order chi connectivity index (χ1) is 6.74. The van der Waals surface area contributed by atoms with Gasteiger partial charge in [-0.3, -0.25) is 4.79 Å². The molecule has 1 aromatic rings. The Kier molecular flexibility index (Phi) is 3.39. The van der Waals surface area contributed by atoms with Crippen LogP contribution in [0.2, 0.25) is 0 Å². The van der Waals surface area contributed by atoms with Crippen molar-refractivity contribution in [2.75, 3.05) is 0 Å². The molecule has 0 saturated heterocycles. The number of primary amides is 1. The fourth-order valence-corrected chi connectivity index (χ4v) is 0.825. The highest BCUT2D eigenvalue weighted by atomic mass is 16.1. The minimum absolute atomic E-state index is 0.155. The normalized spacial score (nSPS) is 8.57. The zero-order valence-electron chi connectivity index (χ0n) is 7.36. The van der Waals surface area contributed by atoms with Crippen molar-refractivity contribution in [3.05, 3.63) is 29.6 Å². The quantitative estimate of drug-likeness (QED) is 0.529. The summed E-state index contributed by atoms with van der Waals surface area (Å²) in [4.78, 5) is 24.6. The van der Waals surface area contributed by atoms with Gasteiger partial charge in [0.05, 0.1) is 6.42 Å². The van der Waals surface area contributed by atoms with E-state index in [0.717, 1.165) is 0 Å². The molecule has 0 bridgehead atoms. The first kappa shape index (κ1) is 9.93. The van der Waals surface area contributed by atoms with Crippen LogP contribution in [0.5, 0.6) is 0 Å². The number of nitrogens with two attached hydrogens (primary N) is 1. The summed E-state index contributed by atoms with van der Waals surface area (Å²) in [5.74, 6) is 4.63. The second-order valence-electron chi connectivity index (χ2n) is 2.44. The van der Waals surface area contributed by atoms with Crippen LogP contribution in [0, 0.1) is 11.8 Å². The third-order valence-electron chi connectivity index (χ3n) is 1.40. The molecular formula is C10H8N2O2. The fraction of sp³-hybridized carbons (Fsp3) is 0.100. The van der Waals surface area contributed by atoms with Gasteiger partial charge in [0, 0.05) is 0 Å². The van der Waals surface area contributed by atoms with Gasteiger partial charge in [0.2, 0.25) is 0 Å². The molecule has 0 aliphatic heterocycles. The molecule has 1 heterocycles. The van der Waals surface area contributed by atoms with Gasteiger partial charge in [-0.2, -0.15) is 0 Å². The molecule has 0 radical (unpaired) electrons. The zero-order valence-corrected chi connectivity index (χ0v) is 7.36. The highest BCUT2D eigenvalue weighted by molar-refractivity contribution is 5.90. The summed E-state index contributed by atoms with van der Waals surface area (Å²) in [5.41, 5.74) is 5.63. The highest BCUT2D eigenvalue weighted by Gasteiger charge is 2.00. The number of rotatable bonds is 2. The second kappa shape index (κ2) is 4.77. The Morgan fingerprint density at radius 2 is 2.36 bits per heavy atom. The Labute approximate surface area is 81.1 Å². The second-order valence-corrected chi connectivity index (χ2v) is 2.44. The van der Waals surface area contributed by atoms with Crippen LogP contribution in [-0.4, -0.2) is 17.2 Å². The summed E-state index contributed by atoms with van der Waals surface area (Å²) in [7, 11) is 0. The van der Waals surface area contributed by atoms with Crippen LogP contribution in [0.3, 0.4) is 0 Å². The summed E-state index contributed by atoms with van der Waals surface area (Å²) in [5, 5.41) is 0. The number of carbonyl (C=O) groups excluding carboxylic acids is 2. The molecule has 14 heavy (non-hydrogen) atoms. The van der Waals surface area contributed by atoms with Gasteiger partial charge in [0.25, 0.3) is 5.91 Å². The van der Waals surface area contributed by atoms with Gasteiger partial charge in [0.1, 0.15) is 17.7 Å². The highest BCUT2D eigenvalue weighted by Crippen LogP contribution is 1.96. The van der Waals surface area contributed by atoms with Crippen molar-refractivity contribution in [1.82, 2.24) is 4.98 Å². The number of amides is 1. The lowest BCUT2D eigenvalue weighted by molar-refractivity contribution is -0.107. The van der Waals surface area contributed by atoms with Gasteiger partial charge in [-0.1, -0.05) is 12.0 Å². The van der Waals surface area contributed by atoms with Crippen molar-refractivity contribution in [3.8, 4) is 11.8 Å². The van der Waals surface area contributed by atoms with Crippen molar-refractivity contribution in [1.29, 1.82) is 0 Å². The summed E-state index contributed by atoms with van der Waals surface area (Å²) in [6, 6.07) is 4.79. The van der Waals surface area contributed by atoms with E-state index in [1.54, 1.807) is 12.1 Å². The Bertz CT molecular complexity index is 416. The smallest absolute Gasteiger partial charge is 0.267 e. The van der Waals surface area contributed by atoms with Crippen LogP contribution in [0.1, 0.15) is 22.6 Å². The molecule has 0 atom stereocenters. The molecule has 0 fully saturated rings. The van der Waals surface area contributed by atoms with Gasteiger partial charge in [-0.15, -0.1) is 0 Å². The number of nitrogens with zero attached hydrogens (tertiary/aromatic N) is 1. The fourth-order valence-electron chi connectivity index (χ4n) is 0.825. The van der Waals surface area contributed by atoms with Crippen molar-refractivity contribution in [2.45, 2.75) is 6.42 Å². The Hall–Kier alpha value is -2.15. The molecule has 0 saturated carbocycles. The van der Waals surface area contributed by atoms with E-state index in [2.05, 4.69) is 16.8 Å². The zero-order chi connectivity index (χ0) is 10.4. The van der Waals surface area contributed by atoms with Crippen LogP contribution in [0.4, 0.5) is 0 Å². The maximum Gasteiger partial charge on any atom is 0.267 e. The standard InChI is InChI=1S/C10H8N2O2/c11-10(14)9-6-3-5-8(12-9)4-1-2-7-13/h3,5-7H,2H2,(H2,11,14). The van der Waals surface area contributed by atoms with E-state index in [9.17, 15) is 9.59 Å². The molecular weight excluding hydrogens is 180 g/mol. The number of aromatic nitrogens is 1. The third kappa shape index (κ3) is 2.72. The monoisotopic (exact) mass is 188 g/mol. The summed E-state index contributed by atoms with van der Waals surface area (Å²) < 4.78 is 0. The summed E-state index contributed by atoms with van der Waals surface area (Å²) in [6.07, 6.45) is 0.855. The van der Waals surface area contributed by atoms with E-state index in [1.807, 2.05) is 0 Å². The molecule has 2 N–H and O–H groups in total. The Morgan fingerprint density at radius 3 is 3.00 bits per heavy atom. The van der Waals surface area contributed by atoms with Crippen LogP contribution >= 0.6 is 0 Å². The van der Waals surface area contributed by atoms with E-state index in [-0.39, 0.29) is 12.1 Å². The third-order valence-corrected chi connectivity index (χ3v) is 1.40. The van der Waals surface area contributed by atoms with Gasteiger partial charge in [0.15, 0.2) is 0 Å². The molecule has 0 spiro atoms. The predicted molar refractivity (Wildman–Crippen MR) is 50.3 cm³/mol. The van der Waals surface area contributed by atoms with E-state index in [1.165, 1.54) is 6.07 Å². The van der Waals surface area contributed by atoms with Crippen molar-refractivity contribution in [3.63, 3.8) is 0 Å². The first-order valence-electron chi connectivity index (χ1n) is 3.93. The van der Waals surface area contributed by atoms with Crippen LogP contribution in [-0.2, 0) is 4.79 Å². The molecule has 1 aromatic heterocycles. The first-order valence-corrected chi connectivity index (χ1v) is 3.93. The van der Waals surface area contributed by atoms with Gasteiger partial charge in [-0.25, -0.2) is 4.98 Å². The lowest BCUT2D eigenvalue weighted by Gasteiger charge is -1.93. The average Bonchev–Trinajstić information content (AvgIpc) is 2.19. The number of carbonyl (C=O) groups is 2. The topological polar surface area (TPSA) is 73.1 Å². The van der Waals surface area contributed by atoms with Crippen molar-refractivity contribution < 1.29 is 9.59 Å². The molecule has 1 amide bonds. The number of pyridine rings is 1. The summed E-state index contributed by atoms with van der Waals surface area (Å²) >= 11 is 0. The molecule has 0 aliphatic carbocycles. The van der Waals surface area contributed by atoms with Crippen molar-refractivity contribution >= 4 is 12.2 Å². The average molecular weight is 188 g/mol. The largest absolute Gasteiger partial charge is 0.364 e. The van der Waals surface area contributed by atoms with E-state index in [4.69, 9.17) is 5.73 Å². The number of aldehydes is 1. The maximum atomic E-state index is 10.7. The van der Waals surface area contributed by atoms with Gasteiger partial charge >= 0.3 is 0 Å². The van der Waals surface area contributed by atoms with E-state index >= 15 is 0 Å². The minimum atomic E-state index is -0.593. The number of hydrogen-bond acceptors (Lipinski definition) is 3. The molecule has 0 aliphatic rings. The molecule has 4 nitrogen and oxygen atoms in total. The van der Waals surface area contributed by atoms with Crippen LogP contribution in [0.15, 0.2) is 18.2 Å². The van der Waals surface area contributed by atoms with E-state index in [0.29, 0.717) is 12.0 Å². The van der Waals surface area contributed by atoms with Crippen molar-refractivity contribution in [2.24, 2.45) is 5.73 Å². The SMILES string of the molecule is NC(=O)c1cccc(C#CCC=O)n1. The van der Waals surface area contributed by atoms with Gasteiger partial charge < -0.3 is 10.5 Å². The molecule has 70 valence electrons. The maximum absolute atomic E-state index is 10.7.